The third kappa shape index (κ3) is 5.68. The molecule has 0 radical (unpaired) electrons. The van der Waals surface area contributed by atoms with Crippen molar-refractivity contribution in [3.05, 3.63) is 88.0 Å². The van der Waals surface area contributed by atoms with E-state index in [1.165, 1.54) is 24.5 Å². The molecule has 0 aliphatic heterocycles. The number of aryl methyl sites for hydroxylation is 1. The first-order valence-corrected chi connectivity index (χ1v) is 13.3. The summed E-state index contributed by atoms with van der Waals surface area (Å²) in [6.07, 6.45) is -3.47. The van der Waals surface area contributed by atoms with Gasteiger partial charge in [-0.3, -0.25) is 9.59 Å². The summed E-state index contributed by atoms with van der Waals surface area (Å²) < 4.78 is 57.9. The summed E-state index contributed by atoms with van der Waals surface area (Å²) >= 11 is 0.634. The van der Waals surface area contributed by atoms with Crippen LogP contribution in [0.25, 0.3) is 21.5 Å². The molecular formula is C29H24F3N3O5S. The number of pyridine rings is 1. The number of alkyl halides is 3. The number of halogens is 3. The SMILES string of the molecule is Cc1ccc(C(C)C)c(OCc2ccc(C(=O)Nc3c(C(N)=O)sc4nc(C(F)(F)F)cc(-c5ccco5)c34)o2)c1. The van der Waals surface area contributed by atoms with Gasteiger partial charge in [-0.15, -0.1) is 11.3 Å². The number of hydrogen-bond acceptors (Lipinski definition) is 7. The van der Waals surface area contributed by atoms with Gasteiger partial charge in [-0.2, -0.15) is 13.2 Å². The van der Waals surface area contributed by atoms with E-state index in [4.69, 9.17) is 19.3 Å². The van der Waals surface area contributed by atoms with E-state index >= 15 is 0 Å². The van der Waals surface area contributed by atoms with Crippen molar-refractivity contribution in [2.75, 3.05) is 5.32 Å². The Morgan fingerprint density at radius 3 is 2.59 bits per heavy atom. The van der Waals surface area contributed by atoms with Crippen LogP contribution in [0.15, 0.2) is 63.6 Å². The molecule has 0 atom stereocenters. The van der Waals surface area contributed by atoms with Crippen molar-refractivity contribution in [1.82, 2.24) is 4.98 Å². The molecule has 0 bridgehead atoms. The van der Waals surface area contributed by atoms with Crippen LogP contribution in [-0.2, 0) is 12.8 Å². The first-order valence-electron chi connectivity index (χ1n) is 12.4. The number of nitrogens with zero attached hydrogens (tertiary/aromatic N) is 1. The smallest absolute Gasteiger partial charge is 0.433 e. The van der Waals surface area contributed by atoms with Crippen molar-refractivity contribution in [3.63, 3.8) is 0 Å². The molecule has 0 aliphatic carbocycles. The number of benzene rings is 1. The number of ether oxygens (including phenoxy) is 1. The summed E-state index contributed by atoms with van der Waals surface area (Å²) in [4.78, 5) is 28.9. The highest BCUT2D eigenvalue weighted by Gasteiger charge is 2.35. The number of carbonyl (C=O) groups is 2. The topological polar surface area (TPSA) is 121 Å². The average molecular weight is 584 g/mol. The number of thiophene rings is 1. The third-order valence-corrected chi connectivity index (χ3v) is 7.35. The molecule has 5 aromatic rings. The molecule has 4 heterocycles. The van der Waals surface area contributed by atoms with Gasteiger partial charge in [0, 0.05) is 10.9 Å². The lowest BCUT2D eigenvalue weighted by Gasteiger charge is -2.14. The summed E-state index contributed by atoms with van der Waals surface area (Å²) in [7, 11) is 0. The van der Waals surface area contributed by atoms with E-state index in [1.54, 1.807) is 6.07 Å². The summed E-state index contributed by atoms with van der Waals surface area (Å²) in [6.45, 7) is 6.12. The molecule has 2 amide bonds. The van der Waals surface area contributed by atoms with E-state index in [0.29, 0.717) is 22.8 Å². The van der Waals surface area contributed by atoms with Gasteiger partial charge in [-0.25, -0.2) is 4.98 Å². The Labute approximate surface area is 235 Å². The second kappa shape index (κ2) is 10.8. The van der Waals surface area contributed by atoms with Crippen LogP contribution in [0.1, 0.15) is 62.6 Å². The monoisotopic (exact) mass is 583 g/mol. The average Bonchev–Trinajstić information content (AvgIpc) is 3.67. The van der Waals surface area contributed by atoms with Crippen LogP contribution in [0.5, 0.6) is 5.75 Å². The van der Waals surface area contributed by atoms with Crippen LogP contribution in [0.2, 0.25) is 0 Å². The number of fused-ring (bicyclic) bond motifs is 1. The van der Waals surface area contributed by atoms with Gasteiger partial charge >= 0.3 is 6.18 Å². The fourth-order valence-electron chi connectivity index (χ4n) is 4.31. The van der Waals surface area contributed by atoms with Crippen LogP contribution in [0.4, 0.5) is 18.9 Å². The van der Waals surface area contributed by atoms with E-state index in [0.717, 1.165) is 17.2 Å². The van der Waals surface area contributed by atoms with Gasteiger partial charge in [0.15, 0.2) is 5.76 Å². The fraction of sp³-hybridized carbons (Fsp3) is 0.207. The van der Waals surface area contributed by atoms with Crippen molar-refractivity contribution in [1.29, 1.82) is 0 Å². The molecule has 212 valence electrons. The highest BCUT2D eigenvalue weighted by atomic mass is 32.1. The minimum atomic E-state index is -4.77. The fourth-order valence-corrected chi connectivity index (χ4v) is 5.31. The molecule has 8 nitrogen and oxygen atoms in total. The zero-order valence-electron chi connectivity index (χ0n) is 22.1. The van der Waals surface area contributed by atoms with Crippen molar-refractivity contribution in [2.45, 2.75) is 39.5 Å². The first-order chi connectivity index (χ1) is 19.4. The number of nitrogens with one attached hydrogen (secondary N) is 1. The highest BCUT2D eigenvalue weighted by molar-refractivity contribution is 7.21. The lowest BCUT2D eigenvalue weighted by atomic mass is 10.0. The van der Waals surface area contributed by atoms with Crippen molar-refractivity contribution < 1.29 is 36.3 Å². The van der Waals surface area contributed by atoms with Crippen LogP contribution in [0, 0.1) is 6.92 Å². The Hall–Kier alpha value is -4.58. The molecule has 41 heavy (non-hydrogen) atoms. The summed E-state index contributed by atoms with van der Waals surface area (Å²) in [5.74, 6) is -0.417. The minimum absolute atomic E-state index is 0.0148. The van der Waals surface area contributed by atoms with E-state index < -0.39 is 23.7 Å². The summed E-state index contributed by atoms with van der Waals surface area (Å²) in [6, 6.07) is 12.7. The summed E-state index contributed by atoms with van der Waals surface area (Å²) in [5, 5.41) is 2.66. The molecule has 0 fully saturated rings. The Morgan fingerprint density at radius 2 is 1.93 bits per heavy atom. The molecule has 0 unspecified atom stereocenters. The maximum absolute atomic E-state index is 13.6. The van der Waals surface area contributed by atoms with Crippen molar-refractivity contribution in [2.24, 2.45) is 5.73 Å². The number of rotatable bonds is 8. The molecule has 1 aromatic carbocycles. The highest BCUT2D eigenvalue weighted by Crippen LogP contribution is 2.44. The zero-order valence-corrected chi connectivity index (χ0v) is 22.9. The first kappa shape index (κ1) is 28.0. The number of hydrogen-bond donors (Lipinski definition) is 2. The van der Waals surface area contributed by atoms with Gasteiger partial charge in [0.2, 0.25) is 0 Å². The standard InChI is InChI=1S/C29H24F3N3O5S/c1-14(2)17-8-6-15(3)11-21(17)39-13-16-7-9-20(40-16)27(37)35-24-23-18(19-5-4-10-38-19)12-22(29(30,31)32)34-28(23)41-25(24)26(33)36/h4-12,14H,13H2,1-3H3,(H2,33,36)(H,35,37). The maximum Gasteiger partial charge on any atom is 0.433 e. The molecule has 3 N–H and O–H groups in total. The van der Waals surface area contributed by atoms with Crippen molar-refractivity contribution in [3.8, 4) is 17.1 Å². The van der Waals surface area contributed by atoms with Crippen LogP contribution >= 0.6 is 11.3 Å². The lowest BCUT2D eigenvalue weighted by Crippen LogP contribution is -2.16. The summed E-state index contributed by atoms with van der Waals surface area (Å²) in [5.41, 5.74) is 6.30. The van der Waals surface area contributed by atoms with Gasteiger partial charge in [0.25, 0.3) is 11.8 Å². The number of primary amides is 1. The largest absolute Gasteiger partial charge is 0.485 e. The molecule has 0 spiro atoms. The lowest BCUT2D eigenvalue weighted by molar-refractivity contribution is -0.140. The van der Waals surface area contributed by atoms with Gasteiger partial charge in [0.1, 0.15) is 39.3 Å². The number of carbonyl (C=O) groups excluding carboxylic acids is 2. The van der Waals surface area contributed by atoms with Gasteiger partial charge in [-0.05, 0) is 60.4 Å². The van der Waals surface area contributed by atoms with Crippen LogP contribution in [-0.4, -0.2) is 16.8 Å². The Morgan fingerprint density at radius 1 is 1.15 bits per heavy atom. The quantitative estimate of drug-likeness (QED) is 0.195. The molecule has 0 saturated carbocycles. The molecule has 12 heteroatoms. The number of anilines is 1. The minimum Gasteiger partial charge on any atom is -0.485 e. The third-order valence-electron chi connectivity index (χ3n) is 6.25. The number of furan rings is 2. The van der Waals surface area contributed by atoms with Crippen LogP contribution in [0.3, 0.4) is 0 Å². The molecule has 5 rings (SSSR count). The normalized spacial score (nSPS) is 11.8. The Balaban J connectivity index is 1.47. The maximum atomic E-state index is 13.6. The molecule has 0 saturated heterocycles. The molecule has 0 aliphatic rings. The van der Waals surface area contributed by atoms with E-state index in [-0.39, 0.29) is 50.4 Å². The molecular weight excluding hydrogens is 559 g/mol. The predicted octanol–water partition coefficient (Wildman–Crippen LogP) is 7.53. The van der Waals surface area contributed by atoms with E-state index in [1.807, 2.05) is 25.1 Å². The number of amides is 2. The second-order valence-electron chi connectivity index (χ2n) is 9.59. The Bertz CT molecular complexity index is 1750. The predicted molar refractivity (Wildman–Crippen MR) is 147 cm³/mol. The number of nitrogens with two attached hydrogens (primary N) is 1. The molecule has 4 aromatic heterocycles. The Kier molecular flexibility index (Phi) is 7.35. The van der Waals surface area contributed by atoms with E-state index in [2.05, 4.69) is 24.1 Å². The van der Waals surface area contributed by atoms with Gasteiger partial charge < -0.3 is 24.6 Å². The second-order valence-corrected chi connectivity index (χ2v) is 10.6. The zero-order chi connectivity index (χ0) is 29.5. The number of aromatic nitrogens is 1. The van der Waals surface area contributed by atoms with Gasteiger partial charge in [0.05, 0.1) is 12.0 Å². The van der Waals surface area contributed by atoms with Crippen LogP contribution < -0.4 is 15.8 Å². The van der Waals surface area contributed by atoms with Gasteiger partial charge in [-0.1, -0.05) is 26.0 Å². The van der Waals surface area contributed by atoms with E-state index in [9.17, 15) is 22.8 Å². The van der Waals surface area contributed by atoms with Crippen molar-refractivity contribution >= 4 is 39.1 Å².